The van der Waals surface area contributed by atoms with E-state index in [0.29, 0.717) is 18.0 Å². The molecular weight excluding hydrogens is 357 g/mol. The lowest BCUT2D eigenvalue weighted by Gasteiger charge is -2.34. The number of hydrogen-bond donors (Lipinski definition) is 0. The number of carbonyl (C=O) groups is 1. The summed E-state index contributed by atoms with van der Waals surface area (Å²) in [6.45, 7) is 2.19. The Kier molecular flexibility index (Phi) is 4.76. The van der Waals surface area contributed by atoms with Crippen molar-refractivity contribution in [3.63, 3.8) is 0 Å². The average Bonchev–Trinajstić information content (AvgIpc) is 2.68. The largest absolute Gasteiger partial charge is 0.401 e. The first-order valence-corrected chi connectivity index (χ1v) is 7.71. The van der Waals surface area contributed by atoms with Crippen LogP contribution in [0.25, 0.3) is 0 Å². The van der Waals surface area contributed by atoms with Gasteiger partial charge < -0.3 is 4.90 Å². The Hall–Kier alpha value is -0.600. The summed E-state index contributed by atoms with van der Waals surface area (Å²) in [4.78, 5) is 15.8. The van der Waals surface area contributed by atoms with E-state index in [2.05, 4.69) is 15.9 Å². The van der Waals surface area contributed by atoms with E-state index in [1.54, 1.807) is 11.0 Å². The highest BCUT2D eigenvalue weighted by molar-refractivity contribution is 9.11. The number of amides is 1. The van der Waals surface area contributed by atoms with Gasteiger partial charge in [0.25, 0.3) is 5.91 Å². The van der Waals surface area contributed by atoms with E-state index in [1.165, 1.54) is 16.2 Å². The van der Waals surface area contributed by atoms with E-state index in [0.717, 1.165) is 9.35 Å². The quantitative estimate of drug-likeness (QED) is 0.798. The third-order valence-corrected chi connectivity index (χ3v) is 5.25. The summed E-state index contributed by atoms with van der Waals surface area (Å²) >= 11 is 4.72. The maximum Gasteiger partial charge on any atom is 0.401 e. The fraction of sp³-hybridized carbons (Fsp3) is 0.583. The number of rotatable bonds is 2. The van der Waals surface area contributed by atoms with Gasteiger partial charge in [-0.2, -0.15) is 13.2 Å². The molecular formula is C12H14BrF3N2OS. The Morgan fingerprint density at radius 1 is 1.35 bits per heavy atom. The zero-order valence-corrected chi connectivity index (χ0v) is 13.2. The monoisotopic (exact) mass is 370 g/mol. The minimum absolute atomic E-state index is 0.101. The molecule has 0 atom stereocenters. The fourth-order valence-corrected chi connectivity index (χ4v) is 3.59. The van der Waals surface area contributed by atoms with Crippen LogP contribution in [0.1, 0.15) is 15.2 Å². The van der Waals surface area contributed by atoms with Gasteiger partial charge >= 0.3 is 6.18 Å². The van der Waals surface area contributed by atoms with Crippen molar-refractivity contribution in [3.05, 3.63) is 20.3 Å². The van der Waals surface area contributed by atoms with Gasteiger partial charge in [0.1, 0.15) is 0 Å². The number of alkyl halides is 3. The summed E-state index contributed by atoms with van der Waals surface area (Å²) in [5, 5.41) is 0. The molecule has 1 saturated heterocycles. The molecule has 1 aromatic heterocycles. The van der Waals surface area contributed by atoms with Crippen LogP contribution in [0.15, 0.2) is 9.85 Å². The van der Waals surface area contributed by atoms with Gasteiger partial charge in [0.05, 0.1) is 15.2 Å². The molecule has 0 bridgehead atoms. The third kappa shape index (κ3) is 3.95. The van der Waals surface area contributed by atoms with Gasteiger partial charge in [0, 0.05) is 26.2 Å². The molecule has 0 aromatic carbocycles. The molecule has 112 valence electrons. The van der Waals surface area contributed by atoms with Crippen LogP contribution in [-0.4, -0.2) is 54.6 Å². The number of hydrogen-bond acceptors (Lipinski definition) is 3. The minimum Gasteiger partial charge on any atom is -0.335 e. The molecule has 0 saturated carbocycles. The third-order valence-electron chi connectivity index (χ3n) is 3.13. The van der Waals surface area contributed by atoms with Gasteiger partial charge in [-0.05, 0) is 34.5 Å². The molecule has 1 fully saturated rings. The Labute approximate surface area is 127 Å². The topological polar surface area (TPSA) is 23.6 Å². The molecule has 0 N–H and O–H groups in total. The van der Waals surface area contributed by atoms with Crippen LogP contribution in [0.4, 0.5) is 13.2 Å². The summed E-state index contributed by atoms with van der Waals surface area (Å²) in [6.07, 6.45) is -4.18. The van der Waals surface area contributed by atoms with E-state index in [9.17, 15) is 18.0 Å². The Balaban J connectivity index is 1.92. The van der Waals surface area contributed by atoms with Crippen LogP contribution in [0.5, 0.6) is 0 Å². The van der Waals surface area contributed by atoms with Crippen molar-refractivity contribution in [2.24, 2.45) is 0 Å². The molecule has 8 heteroatoms. The van der Waals surface area contributed by atoms with Gasteiger partial charge in [-0.3, -0.25) is 9.69 Å². The molecule has 1 aliphatic rings. The normalized spacial score (nSPS) is 17.6. The van der Waals surface area contributed by atoms with E-state index >= 15 is 0 Å². The van der Waals surface area contributed by atoms with Gasteiger partial charge in [-0.25, -0.2) is 0 Å². The maximum atomic E-state index is 12.3. The van der Waals surface area contributed by atoms with Crippen LogP contribution in [-0.2, 0) is 0 Å². The molecule has 20 heavy (non-hydrogen) atoms. The smallest absolute Gasteiger partial charge is 0.335 e. The van der Waals surface area contributed by atoms with Crippen molar-refractivity contribution in [2.75, 3.05) is 32.7 Å². The van der Waals surface area contributed by atoms with Crippen LogP contribution < -0.4 is 0 Å². The maximum absolute atomic E-state index is 12.3. The minimum atomic E-state index is -4.18. The van der Waals surface area contributed by atoms with Crippen molar-refractivity contribution in [3.8, 4) is 0 Å². The Morgan fingerprint density at radius 3 is 2.40 bits per heavy atom. The number of aryl methyl sites for hydroxylation is 1. The molecule has 0 spiro atoms. The predicted molar refractivity (Wildman–Crippen MR) is 75.2 cm³/mol. The van der Waals surface area contributed by atoms with Crippen molar-refractivity contribution in [2.45, 2.75) is 13.1 Å². The van der Waals surface area contributed by atoms with Crippen LogP contribution in [0, 0.1) is 6.92 Å². The van der Waals surface area contributed by atoms with E-state index in [-0.39, 0.29) is 19.0 Å². The first-order chi connectivity index (χ1) is 9.26. The summed E-state index contributed by atoms with van der Waals surface area (Å²) in [7, 11) is 0. The number of thiophene rings is 1. The molecule has 1 amide bonds. The number of carbonyl (C=O) groups excluding carboxylic acids is 1. The highest BCUT2D eigenvalue weighted by atomic mass is 79.9. The number of halogens is 4. The molecule has 1 aromatic rings. The average molecular weight is 371 g/mol. The molecule has 1 aliphatic heterocycles. The van der Waals surface area contributed by atoms with Crippen LogP contribution in [0.3, 0.4) is 0 Å². The second-order valence-corrected chi connectivity index (χ2v) is 7.12. The first kappa shape index (κ1) is 15.8. The van der Waals surface area contributed by atoms with Gasteiger partial charge in [0.2, 0.25) is 0 Å². The SMILES string of the molecule is Cc1cc(C(=O)N2CCN(CC(F)(F)F)CC2)sc1Br. The second kappa shape index (κ2) is 6.03. The summed E-state index contributed by atoms with van der Waals surface area (Å²) in [5.41, 5.74) is 0.994. The van der Waals surface area contributed by atoms with Crippen LogP contribution in [0.2, 0.25) is 0 Å². The molecule has 0 radical (unpaired) electrons. The van der Waals surface area contributed by atoms with Crippen LogP contribution >= 0.6 is 27.3 Å². The van der Waals surface area contributed by atoms with E-state index in [1.807, 2.05) is 6.92 Å². The highest BCUT2D eigenvalue weighted by Crippen LogP contribution is 2.28. The molecule has 2 heterocycles. The van der Waals surface area contributed by atoms with Gasteiger partial charge in [-0.15, -0.1) is 11.3 Å². The zero-order valence-electron chi connectivity index (χ0n) is 10.8. The van der Waals surface area contributed by atoms with Gasteiger partial charge in [-0.1, -0.05) is 0 Å². The van der Waals surface area contributed by atoms with Gasteiger partial charge in [0.15, 0.2) is 0 Å². The summed E-state index contributed by atoms with van der Waals surface area (Å²) in [6, 6.07) is 1.80. The lowest BCUT2D eigenvalue weighted by Crippen LogP contribution is -2.50. The molecule has 0 unspecified atom stereocenters. The standard InChI is InChI=1S/C12H14BrF3N2OS/c1-8-6-9(20-10(8)13)11(19)18-4-2-17(3-5-18)7-12(14,15)16/h6H,2-5,7H2,1H3. The summed E-state index contributed by atoms with van der Waals surface area (Å²) < 4.78 is 37.8. The van der Waals surface area contributed by atoms with E-state index < -0.39 is 12.7 Å². The van der Waals surface area contributed by atoms with Crippen molar-refractivity contribution >= 4 is 33.2 Å². The lowest BCUT2D eigenvalue weighted by molar-refractivity contribution is -0.148. The number of piperazine rings is 1. The molecule has 0 aliphatic carbocycles. The zero-order chi connectivity index (χ0) is 14.9. The fourth-order valence-electron chi connectivity index (χ4n) is 2.08. The van der Waals surface area contributed by atoms with Crippen molar-refractivity contribution < 1.29 is 18.0 Å². The predicted octanol–water partition coefficient (Wildman–Crippen LogP) is 3.14. The first-order valence-electron chi connectivity index (χ1n) is 6.10. The van der Waals surface area contributed by atoms with Crippen molar-refractivity contribution in [1.29, 1.82) is 0 Å². The Bertz CT molecular complexity index is 476. The van der Waals surface area contributed by atoms with E-state index in [4.69, 9.17) is 0 Å². The van der Waals surface area contributed by atoms with Crippen molar-refractivity contribution in [1.82, 2.24) is 9.80 Å². The Morgan fingerprint density at radius 2 is 1.95 bits per heavy atom. The molecule has 2 rings (SSSR count). The molecule has 3 nitrogen and oxygen atoms in total. The second-order valence-electron chi connectivity index (χ2n) is 4.75. The lowest BCUT2D eigenvalue weighted by atomic mass is 10.2. The highest BCUT2D eigenvalue weighted by Gasteiger charge is 2.33. The summed E-state index contributed by atoms with van der Waals surface area (Å²) in [5.74, 6) is -0.101. The number of nitrogens with zero attached hydrogens (tertiary/aromatic N) is 2.